The third kappa shape index (κ3) is 6.57. The Labute approximate surface area is 241 Å². The lowest BCUT2D eigenvalue weighted by atomic mass is 10.0. The first-order chi connectivity index (χ1) is 20.0. The number of carbonyl (C=O) groups is 2. The average molecular weight is 588 g/mol. The van der Waals surface area contributed by atoms with Gasteiger partial charge < -0.3 is 19.1 Å². The Morgan fingerprint density at radius 1 is 1.02 bits per heavy atom. The average Bonchev–Trinajstić information content (AvgIpc) is 3.42. The minimum Gasteiger partial charge on any atom is -0.420 e. The topological polar surface area (TPSA) is 82.8 Å². The van der Waals surface area contributed by atoms with Gasteiger partial charge in [-0.25, -0.2) is 9.37 Å². The van der Waals surface area contributed by atoms with E-state index in [1.54, 1.807) is 40.1 Å². The molecule has 2 aliphatic heterocycles. The van der Waals surface area contributed by atoms with Crippen molar-refractivity contribution < 1.29 is 31.6 Å². The second kappa shape index (κ2) is 12.1. The molecule has 3 aromatic rings. The minimum absolute atomic E-state index is 0.0136. The van der Waals surface area contributed by atoms with Crippen LogP contribution in [0.1, 0.15) is 54.1 Å². The standard InChI is InChI=1S/C30H33F4N5O3/c1-19-6-5-11-38(17-19)29-36-28(30(32,33)34)27(42-29)24(40)14-21-9-10-25(35-16-21)39-13-12-37(18-20(39)2)26(41)15-22-7-3-4-8-23(22)31/h3-4,7-10,16,19-20H,5-6,11-15,17-18H2,1-2H3/t19?,20-/m1/s1. The van der Waals surface area contributed by atoms with Gasteiger partial charge in [-0.3, -0.25) is 9.59 Å². The molecule has 0 radical (unpaired) electrons. The Hall–Kier alpha value is -3.96. The zero-order valence-corrected chi connectivity index (χ0v) is 23.5. The van der Waals surface area contributed by atoms with Gasteiger partial charge in [-0.1, -0.05) is 31.2 Å². The maximum Gasteiger partial charge on any atom is 0.437 e. The number of ketones is 1. The van der Waals surface area contributed by atoms with Crippen LogP contribution in [-0.2, 0) is 23.8 Å². The molecule has 1 aromatic carbocycles. The fourth-order valence-electron chi connectivity index (χ4n) is 5.59. The number of hydrogen-bond donors (Lipinski definition) is 0. The predicted molar refractivity (Wildman–Crippen MR) is 148 cm³/mol. The number of piperidine rings is 1. The van der Waals surface area contributed by atoms with Gasteiger partial charge in [0.05, 0.1) is 6.42 Å². The highest BCUT2D eigenvalue weighted by atomic mass is 19.4. The molecule has 0 bridgehead atoms. The lowest BCUT2D eigenvalue weighted by molar-refractivity contribution is -0.141. The van der Waals surface area contributed by atoms with Gasteiger partial charge in [-0.15, -0.1) is 0 Å². The Morgan fingerprint density at radius 2 is 1.81 bits per heavy atom. The highest BCUT2D eigenvalue weighted by molar-refractivity contribution is 5.96. The summed E-state index contributed by atoms with van der Waals surface area (Å²) in [6, 6.07) is 9.32. The molecular weight excluding hydrogens is 554 g/mol. The number of hydrogen-bond acceptors (Lipinski definition) is 7. The largest absolute Gasteiger partial charge is 0.437 e. The van der Waals surface area contributed by atoms with Crippen LogP contribution in [0.2, 0.25) is 0 Å². The van der Waals surface area contributed by atoms with Crippen LogP contribution in [0.25, 0.3) is 0 Å². The molecule has 224 valence electrons. The van der Waals surface area contributed by atoms with Gasteiger partial charge in [0.15, 0.2) is 5.69 Å². The summed E-state index contributed by atoms with van der Waals surface area (Å²) < 4.78 is 60.7. The van der Waals surface area contributed by atoms with Crippen molar-refractivity contribution in [1.29, 1.82) is 0 Å². The van der Waals surface area contributed by atoms with E-state index >= 15 is 0 Å². The highest BCUT2D eigenvalue weighted by Gasteiger charge is 2.42. The van der Waals surface area contributed by atoms with Crippen LogP contribution < -0.4 is 9.80 Å². The molecule has 0 saturated carbocycles. The maximum absolute atomic E-state index is 14.0. The van der Waals surface area contributed by atoms with Crippen LogP contribution in [0.4, 0.5) is 29.4 Å². The van der Waals surface area contributed by atoms with Gasteiger partial charge in [-0.05, 0) is 48.9 Å². The molecule has 2 aliphatic rings. The molecule has 42 heavy (non-hydrogen) atoms. The summed E-state index contributed by atoms with van der Waals surface area (Å²) in [5.74, 6) is -1.27. The van der Waals surface area contributed by atoms with Crippen molar-refractivity contribution in [1.82, 2.24) is 14.9 Å². The summed E-state index contributed by atoms with van der Waals surface area (Å²) in [5, 5.41) is 0. The number of rotatable bonds is 7. The Balaban J connectivity index is 1.22. The first-order valence-electron chi connectivity index (χ1n) is 14.1. The first-order valence-corrected chi connectivity index (χ1v) is 14.1. The van der Waals surface area contributed by atoms with Gasteiger partial charge in [0.25, 0.3) is 6.01 Å². The number of halogens is 4. The number of benzene rings is 1. The lowest BCUT2D eigenvalue weighted by Crippen LogP contribution is -2.54. The quantitative estimate of drug-likeness (QED) is 0.279. The van der Waals surface area contributed by atoms with Crippen molar-refractivity contribution in [3.8, 4) is 0 Å². The number of nitrogens with zero attached hydrogens (tertiary/aromatic N) is 5. The van der Waals surface area contributed by atoms with Crippen LogP contribution in [0.15, 0.2) is 47.0 Å². The lowest BCUT2D eigenvalue weighted by Gasteiger charge is -2.40. The van der Waals surface area contributed by atoms with Crippen molar-refractivity contribution in [2.75, 3.05) is 42.5 Å². The van der Waals surface area contributed by atoms with Crippen molar-refractivity contribution >= 4 is 23.5 Å². The number of anilines is 2. The summed E-state index contributed by atoms with van der Waals surface area (Å²) in [5.41, 5.74) is -0.510. The number of Topliss-reactive ketones (excluding diaryl/α,β-unsaturated/α-hetero) is 1. The third-order valence-electron chi connectivity index (χ3n) is 7.81. The number of piperazine rings is 1. The summed E-state index contributed by atoms with van der Waals surface area (Å²) in [7, 11) is 0. The van der Waals surface area contributed by atoms with Gasteiger partial charge in [0.2, 0.25) is 17.5 Å². The number of alkyl halides is 3. The number of pyridine rings is 1. The summed E-state index contributed by atoms with van der Waals surface area (Å²) >= 11 is 0. The van der Waals surface area contributed by atoms with E-state index < -0.39 is 29.2 Å². The van der Waals surface area contributed by atoms with Crippen molar-refractivity contribution in [2.24, 2.45) is 5.92 Å². The molecule has 2 saturated heterocycles. The zero-order chi connectivity index (χ0) is 30.0. The SMILES string of the molecule is CC1CCCN(c2nc(C(F)(F)F)c(C(=O)Cc3ccc(N4CCN(C(=O)Cc5ccccc5F)C[C@H]4C)nc3)o2)C1. The van der Waals surface area contributed by atoms with E-state index in [4.69, 9.17) is 4.42 Å². The van der Waals surface area contributed by atoms with Crippen molar-refractivity contribution in [3.63, 3.8) is 0 Å². The number of aromatic nitrogens is 2. The van der Waals surface area contributed by atoms with Gasteiger partial charge in [-0.2, -0.15) is 18.2 Å². The van der Waals surface area contributed by atoms with Crippen LogP contribution in [-0.4, -0.2) is 65.3 Å². The van der Waals surface area contributed by atoms with E-state index in [1.807, 2.05) is 18.7 Å². The monoisotopic (exact) mass is 587 g/mol. The van der Waals surface area contributed by atoms with E-state index in [-0.39, 0.29) is 36.7 Å². The Morgan fingerprint density at radius 3 is 2.48 bits per heavy atom. The number of oxazole rings is 1. The molecule has 2 atom stereocenters. The molecule has 0 N–H and O–H groups in total. The van der Waals surface area contributed by atoms with Gasteiger partial charge in [0, 0.05) is 51.4 Å². The molecule has 1 amide bonds. The highest BCUT2D eigenvalue weighted by Crippen LogP contribution is 2.35. The molecule has 2 aromatic heterocycles. The molecule has 12 heteroatoms. The van der Waals surface area contributed by atoms with E-state index in [0.717, 1.165) is 12.8 Å². The van der Waals surface area contributed by atoms with Crippen molar-refractivity contribution in [2.45, 2.75) is 51.7 Å². The van der Waals surface area contributed by atoms with E-state index in [2.05, 4.69) is 9.97 Å². The Bertz CT molecular complexity index is 1430. The van der Waals surface area contributed by atoms with Gasteiger partial charge >= 0.3 is 6.18 Å². The second-order valence-electron chi connectivity index (χ2n) is 11.1. The van der Waals surface area contributed by atoms with E-state index in [9.17, 15) is 27.2 Å². The molecule has 5 rings (SSSR count). The minimum atomic E-state index is -4.83. The third-order valence-corrected chi connectivity index (χ3v) is 7.81. The fourth-order valence-corrected chi connectivity index (χ4v) is 5.59. The molecule has 2 fully saturated rings. The normalized spacial score (nSPS) is 19.7. The predicted octanol–water partition coefficient (Wildman–Crippen LogP) is 5.17. The van der Waals surface area contributed by atoms with E-state index in [0.29, 0.717) is 49.7 Å². The smallest absolute Gasteiger partial charge is 0.420 e. The van der Waals surface area contributed by atoms with Crippen LogP contribution in [0.5, 0.6) is 0 Å². The number of carbonyl (C=O) groups excluding carboxylic acids is 2. The molecular formula is C30H33F4N5O3. The molecule has 0 spiro atoms. The molecule has 1 unspecified atom stereocenters. The van der Waals surface area contributed by atoms with E-state index in [1.165, 1.54) is 12.3 Å². The first kappa shape index (κ1) is 29.5. The fraction of sp³-hybridized carbons (Fsp3) is 0.467. The molecule has 4 heterocycles. The van der Waals surface area contributed by atoms with Crippen LogP contribution in [0.3, 0.4) is 0 Å². The second-order valence-corrected chi connectivity index (χ2v) is 11.1. The molecule has 8 nitrogen and oxygen atoms in total. The summed E-state index contributed by atoms with van der Waals surface area (Å²) in [4.78, 5) is 39.3. The van der Waals surface area contributed by atoms with Gasteiger partial charge in [0.1, 0.15) is 11.6 Å². The maximum atomic E-state index is 14.0. The number of amides is 1. The van der Waals surface area contributed by atoms with Crippen LogP contribution >= 0.6 is 0 Å². The summed E-state index contributed by atoms with van der Waals surface area (Å²) in [6.07, 6.45) is -1.92. The zero-order valence-electron chi connectivity index (χ0n) is 23.5. The van der Waals surface area contributed by atoms with Crippen molar-refractivity contribution in [3.05, 3.63) is 71.0 Å². The Kier molecular flexibility index (Phi) is 8.51. The summed E-state index contributed by atoms with van der Waals surface area (Å²) in [6.45, 7) is 6.36. The molecule has 0 aliphatic carbocycles. The van der Waals surface area contributed by atoms with Crippen LogP contribution in [0, 0.1) is 11.7 Å².